The Morgan fingerprint density at radius 2 is 1.70 bits per heavy atom. The Bertz CT molecular complexity index is 667. The number of carbonyl (C=O) groups is 1. The number of ketones is 1. The Labute approximate surface area is 137 Å². The molecule has 0 spiro atoms. The van der Waals surface area contributed by atoms with E-state index in [1.165, 1.54) is 37.7 Å². The van der Waals surface area contributed by atoms with E-state index in [0.717, 1.165) is 23.7 Å². The molecule has 6 bridgehead atoms. The third-order valence-electron chi connectivity index (χ3n) is 7.85. The van der Waals surface area contributed by atoms with Crippen molar-refractivity contribution in [3.05, 3.63) is 35.5 Å². The number of allylic oxidation sites excluding steroid dienone is 2. The van der Waals surface area contributed by atoms with Gasteiger partial charge in [0, 0.05) is 11.8 Å². The average molecular weight is 308 g/mol. The number of hydrogen-bond acceptors (Lipinski definition) is 2. The zero-order valence-corrected chi connectivity index (χ0v) is 13.7. The quantitative estimate of drug-likeness (QED) is 0.679. The summed E-state index contributed by atoms with van der Waals surface area (Å²) in [6.45, 7) is 2.04. The first-order chi connectivity index (χ1) is 11.1. The van der Waals surface area contributed by atoms with Gasteiger partial charge in [-0.25, -0.2) is 0 Å². The minimum absolute atomic E-state index is 0.105. The van der Waals surface area contributed by atoms with Gasteiger partial charge in [0.15, 0.2) is 5.78 Å². The van der Waals surface area contributed by atoms with E-state index in [-0.39, 0.29) is 17.8 Å². The largest absolute Gasteiger partial charge is 0.359 e. The van der Waals surface area contributed by atoms with Crippen LogP contribution in [0.5, 0.6) is 0 Å². The van der Waals surface area contributed by atoms with E-state index in [1.807, 2.05) is 13.0 Å². The van der Waals surface area contributed by atoms with Gasteiger partial charge in [0.2, 0.25) is 0 Å². The molecule has 2 heterocycles. The summed E-state index contributed by atoms with van der Waals surface area (Å²) in [5, 5.41) is 0. The van der Waals surface area contributed by atoms with Gasteiger partial charge in [-0.3, -0.25) is 4.79 Å². The first-order valence-electron chi connectivity index (χ1n) is 9.46. The molecule has 0 N–H and O–H groups in total. The van der Waals surface area contributed by atoms with Crippen molar-refractivity contribution in [1.29, 1.82) is 0 Å². The number of fused-ring (bicyclic) bond motifs is 5. The highest BCUT2D eigenvalue weighted by Gasteiger charge is 2.60. The second-order valence-corrected chi connectivity index (χ2v) is 9.04. The molecule has 7 rings (SSSR count). The monoisotopic (exact) mass is 308 g/mol. The van der Waals surface area contributed by atoms with E-state index >= 15 is 0 Å². The van der Waals surface area contributed by atoms with E-state index in [0.29, 0.717) is 5.92 Å². The number of hydrogen-bond donors (Lipinski definition) is 0. The summed E-state index contributed by atoms with van der Waals surface area (Å²) < 4.78 is 6.22. The molecular formula is C21H24O2. The molecule has 120 valence electrons. The maximum Gasteiger partial charge on any atom is 0.187 e. The summed E-state index contributed by atoms with van der Waals surface area (Å²) in [5.41, 5.74) is 2.63. The number of ether oxygens (including phenoxy) is 1. The molecule has 0 aromatic carbocycles. The Hall–Kier alpha value is -1.15. The SMILES string of the molecule is CC12OC(C=CC1=O)C1C=CC(=C3C4CC5CC(C4)CC3C5)C12. The van der Waals surface area contributed by atoms with Crippen molar-refractivity contribution in [3.63, 3.8) is 0 Å². The number of carbonyl (C=O) groups excluding carboxylic acids is 1. The molecule has 2 aliphatic heterocycles. The van der Waals surface area contributed by atoms with Gasteiger partial charge in [0.25, 0.3) is 0 Å². The molecule has 0 aromatic rings. The minimum Gasteiger partial charge on any atom is -0.359 e. The smallest absolute Gasteiger partial charge is 0.187 e. The van der Waals surface area contributed by atoms with Crippen molar-refractivity contribution < 1.29 is 9.53 Å². The van der Waals surface area contributed by atoms with Crippen LogP contribution in [0.2, 0.25) is 0 Å². The second kappa shape index (κ2) is 4.08. The van der Waals surface area contributed by atoms with E-state index < -0.39 is 5.60 Å². The third kappa shape index (κ3) is 1.52. The fourth-order valence-electron chi connectivity index (χ4n) is 7.20. The molecule has 5 aliphatic carbocycles. The molecular weight excluding hydrogens is 284 g/mol. The predicted molar refractivity (Wildman–Crippen MR) is 87.6 cm³/mol. The second-order valence-electron chi connectivity index (χ2n) is 9.04. The van der Waals surface area contributed by atoms with Gasteiger partial charge < -0.3 is 4.74 Å². The zero-order valence-electron chi connectivity index (χ0n) is 13.7. The average Bonchev–Trinajstić information content (AvgIpc) is 3.03. The van der Waals surface area contributed by atoms with Crippen molar-refractivity contribution >= 4 is 5.78 Å². The van der Waals surface area contributed by atoms with Crippen LogP contribution in [0.4, 0.5) is 0 Å². The van der Waals surface area contributed by atoms with Gasteiger partial charge in [-0.05, 0) is 74.3 Å². The van der Waals surface area contributed by atoms with Crippen molar-refractivity contribution in [2.75, 3.05) is 0 Å². The predicted octanol–water partition coefficient (Wildman–Crippen LogP) is 3.84. The van der Waals surface area contributed by atoms with Crippen molar-refractivity contribution in [2.24, 2.45) is 35.5 Å². The summed E-state index contributed by atoms with van der Waals surface area (Å²) in [4.78, 5) is 12.6. The lowest BCUT2D eigenvalue weighted by molar-refractivity contribution is -0.138. The van der Waals surface area contributed by atoms with Crippen LogP contribution in [0.25, 0.3) is 0 Å². The molecule has 7 aliphatic rings. The van der Waals surface area contributed by atoms with Crippen LogP contribution < -0.4 is 0 Å². The van der Waals surface area contributed by atoms with Gasteiger partial charge >= 0.3 is 0 Å². The van der Waals surface area contributed by atoms with E-state index in [1.54, 1.807) is 11.6 Å². The van der Waals surface area contributed by atoms with Gasteiger partial charge in [0.05, 0.1) is 6.10 Å². The fraction of sp³-hybridized carbons (Fsp3) is 0.667. The van der Waals surface area contributed by atoms with E-state index in [2.05, 4.69) is 12.2 Å². The molecule has 0 aromatic heterocycles. The van der Waals surface area contributed by atoms with Crippen molar-refractivity contribution in [1.82, 2.24) is 0 Å². The fourth-order valence-corrected chi connectivity index (χ4v) is 7.20. The van der Waals surface area contributed by atoms with Gasteiger partial charge in [0.1, 0.15) is 5.60 Å². The van der Waals surface area contributed by atoms with Crippen LogP contribution >= 0.6 is 0 Å². The normalized spacial score (nSPS) is 55.2. The number of rotatable bonds is 0. The summed E-state index contributed by atoms with van der Waals surface area (Å²) in [5.74, 6) is 4.40. The molecule has 4 saturated carbocycles. The zero-order chi connectivity index (χ0) is 15.3. The Morgan fingerprint density at radius 1 is 1.00 bits per heavy atom. The van der Waals surface area contributed by atoms with Crippen LogP contribution in [-0.4, -0.2) is 17.5 Å². The summed E-state index contributed by atoms with van der Waals surface area (Å²) in [6, 6.07) is 0. The topological polar surface area (TPSA) is 26.3 Å². The maximum absolute atomic E-state index is 12.6. The Morgan fingerprint density at radius 3 is 2.39 bits per heavy atom. The molecule has 5 fully saturated rings. The molecule has 4 unspecified atom stereocenters. The Balaban J connectivity index is 1.49. The van der Waals surface area contributed by atoms with Crippen LogP contribution in [0, 0.1) is 35.5 Å². The maximum atomic E-state index is 12.6. The third-order valence-corrected chi connectivity index (χ3v) is 7.85. The minimum atomic E-state index is -0.620. The lowest BCUT2D eigenvalue weighted by atomic mass is 9.53. The van der Waals surface area contributed by atoms with Gasteiger partial charge in [-0.2, -0.15) is 0 Å². The molecule has 4 atom stereocenters. The van der Waals surface area contributed by atoms with E-state index in [4.69, 9.17) is 4.74 Å². The summed E-state index contributed by atoms with van der Waals surface area (Å²) in [6.07, 6.45) is 15.7. The summed E-state index contributed by atoms with van der Waals surface area (Å²) in [7, 11) is 0. The van der Waals surface area contributed by atoms with Crippen molar-refractivity contribution in [3.8, 4) is 0 Å². The highest BCUT2D eigenvalue weighted by Crippen LogP contribution is 2.61. The summed E-state index contributed by atoms with van der Waals surface area (Å²) >= 11 is 0. The molecule has 23 heavy (non-hydrogen) atoms. The van der Waals surface area contributed by atoms with Crippen LogP contribution in [0.15, 0.2) is 35.5 Å². The van der Waals surface area contributed by atoms with Crippen LogP contribution in [0.1, 0.15) is 39.0 Å². The molecule has 2 heteroatoms. The molecule has 2 nitrogen and oxygen atoms in total. The highest BCUT2D eigenvalue weighted by atomic mass is 16.5. The van der Waals surface area contributed by atoms with Gasteiger partial charge in [-0.1, -0.05) is 23.8 Å². The molecule has 0 amide bonds. The van der Waals surface area contributed by atoms with Crippen LogP contribution in [0.3, 0.4) is 0 Å². The van der Waals surface area contributed by atoms with Gasteiger partial charge in [-0.15, -0.1) is 0 Å². The lowest BCUT2D eigenvalue weighted by Gasteiger charge is -2.52. The Kier molecular flexibility index (Phi) is 2.34. The lowest BCUT2D eigenvalue weighted by Crippen LogP contribution is -2.45. The standard InChI is InChI=1S/C21H24O2/c1-21-18(22)5-4-17(23-21)15-2-3-16(20(15)21)19-13-7-11-6-12(9-13)10-14(19)8-11/h2-5,11-15,17,20H,6-10H2,1H3. The van der Waals surface area contributed by atoms with Crippen molar-refractivity contribution in [2.45, 2.75) is 50.7 Å². The van der Waals surface area contributed by atoms with Crippen LogP contribution in [-0.2, 0) is 9.53 Å². The highest BCUT2D eigenvalue weighted by molar-refractivity contribution is 5.99. The first-order valence-corrected chi connectivity index (χ1v) is 9.46. The molecule has 1 saturated heterocycles. The molecule has 0 radical (unpaired) electrons. The first kappa shape index (κ1) is 13.2. The van der Waals surface area contributed by atoms with E-state index in [9.17, 15) is 4.79 Å².